The average Bonchev–Trinajstić information content (AvgIpc) is 2.26. The Morgan fingerprint density at radius 1 is 1.27 bits per heavy atom. The summed E-state index contributed by atoms with van der Waals surface area (Å²) in [5.74, 6) is 0. The largest absolute Gasteiger partial charge is 0.253 e. The third-order valence-corrected chi connectivity index (χ3v) is 2.71. The maximum atomic E-state index is 5.96. The summed E-state index contributed by atoms with van der Waals surface area (Å²) in [6.45, 7) is 2.18. The van der Waals surface area contributed by atoms with Crippen LogP contribution in [-0.4, -0.2) is 9.97 Å². The Kier molecular flexibility index (Phi) is 3.17. The molecule has 78 valence electrons. The van der Waals surface area contributed by atoms with E-state index in [-0.39, 0.29) is 0 Å². The van der Waals surface area contributed by atoms with Crippen LogP contribution in [0.5, 0.6) is 0 Å². The Morgan fingerprint density at radius 2 is 2.13 bits per heavy atom. The van der Waals surface area contributed by atoms with Gasteiger partial charge in [-0.3, -0.25) is 4.98 Å². The van der Waals surface area contributed by atoms with Crippen LogP contribution in [0, 0.1) is 0 Å². The minimum Gasteiger partial charge on any atom is -0.253 e. The van der Waals surface area contributed by atoms with Crippen molar-refractivity contribution in [3.8, 4) is 0 Å². The quantitative estimate of drug-likeness (QED) is 0.739. The van der Waals surface area contributed by atoms with E-state index >= 15 is 0 Å². The molecule has 15 heavy (non-hydrogen) atoms. The number of unbranched alkanes of at least 4 members (excludes halogenated alkanes) is 1. The van der Waals surface area contributed by atoms with Gasteiger partial charge in [0.2, 0.25) is 0 Å². The molecule has 0 atom stereocenters. The molecule has 2 heterocycles. The number of hydrogen-bond acceptors (Lipinski definition) is 2. The van der Waals surface area contributed by atoms with Gasteiger partial charge in [-0.25, -0.2) is 4.98 Å². The number of aryl methyl sites for hydroxylation is 1. The van der Waals surface area contributed by atoms with E-state index < -0.39 is 0 Å². The highest BCUT2D eigenvalue weighted by Crippen LogP contribution is 2.19. The van der Waals surface area contributed by atoms with Crippen LogP contribution in [0.25, 0.3) is 10.9 Å². The van der Waals surface area contributed by atoms with Gasteiger partial charge in [-0.2, -0.15) is 0 Å². The summed E-state index contributed by atoms with van der Waals surface area (Å²) in [7, 11) is 0. The highest BCUT2D eigenvalue weighted by Gasteiger charge is 2.01. The molecule has 2 aromatic rings. The molecular formula is C12H13ClN2. The van der Waals surface area contributed by atoms with E-state index in [2.05, 4.69) is 16.9 Å². The average molecular weight is 221 g/mol. The normalized spacial score (nSPS) is 10.8. The van der Waals surface area contributed by atoms with Gasteiger partial charge in [-0.1, -0.05) is 24.9 Å². The minimum atomic E-state index is 0.530. The Balaban J connectivity index is 2.39. The van der Waals surface area contributed by atoms with Gasteiger partial charge < -0.3 is 0 Å². The molecule has 0 N–H and O–H groups in total. The molecule has 0 amide bonds. The van der Waals surface area contributed by atoms with Gasteiger partial charge in [-0.05, 0) is 31.0 Å². The lowest BCUT2D eigenvalue weighted by Crippen LogP contribution is -1.91. The Bertz CT molecular complexity index is 468. The van der Waals surface area contributed by atoms with Crippen molar-refractivity contribution in [3.05, 3.63) is 35.2 Å². The first kappa shape index (κ1) is 10.4. The second-order valence-corrected chi connectivity index (χ2v) is 3.93. The van der Waals surface area contributed by atoms with Gasteiger partial charge in [0.05, 0.1) is 5.52 Å². The minimum absolute atomic E-state index is 0.530. The first-order chi connectivity index (χ1) is 7.31. The molecule has 0 spiro atoms. The number of halogens is 1. The van der Waals surface area contributed by atoms with Crippen molar-refractivity contribution in [1.29, 1.82) is 0 Å². The van der Waals surface area contributed by atoms with Crippen LogP contribution >= 0.6 is 11.6 Å². The first-order valence-electron chi connectivity index (χ1n) is 5.21. The highest BCUT2D eigenvalue weighted by molar-refractivity contribution is 6.34. The van der Waals surface area contributed by atoms with Crippen LogP contribution in [0.1, 0.15) is 25.5 Å². The van der Waals surface area contributed by atoms with E-state index in [1.54, 1.807) is 6.20 Å². The lowest BCUT2D eigenvalue weighted by molar-refractivity contribution is 0.780. The second kappa shape index (κ2) is 4.58. The van der Waals surface area contributed by atoms with E-state index in [4.69, 9.17) is 11.6 Å². The second-order valence-electron chi connectivity index (χ2n) is 3.57. The van der Waals surface area contributed by atoms with E-state index in [1.807, 2.05) is 18.2 Å². The van der Waals surface area contributed by atoms with Crippen molar-refractivity contribution in [2.75, 3.05) is 0 Å². The highest BCUT2D eigenvalue weighted by atomic mass is 35.5. The number of pyridine rings is 2. The van der Waals surface area contributed by atoms with Crippen LogP contribution in [0.4, 0.5) is 0 Å². The molecule has 0 aromatic carbocycles. The van der Waals surface area contributed by atoms with Crippen molar-refractivity contribution < 1.29 is 0 Å². The third-order valence-electron chi connectivity index (χ3n) is 2.41. The molecule has 3 heteroatoms. The van der Waals surface area contributed by atoms with E-state index in [9.17, 15) is 0 Å². The number of aromatic nitrogens is 2. The number of hydrogen-bond donors (Lipinski definition) is 0. The van der Waals surface area contributed by atoms with Crippen LogP contribution in [0.2, 0.25) is 5.15 Å². The number of rotatable bonds is 3. The summed E-state index contributed by atoms with van der Waals surface area (Å²) in [6.07, 6.45) is 5.10. The van der Waals surface area contributed by atoms with Crippen molar-refractivity contribution in [3.63, 3.8) is 0 Å². The summed E-state index contributed by atoms with van der Waals surface area (Å²) in [4.78, 5) is 8.57. The standard InChI is InChI=1S/C12H13ClN2/c1-2-3-4-9-5-6-10-11(15-9)7-8-14-12(10)13/h5-8H,2-4H2,1H3. The maximum Gasteiger partial charge on any atom is 0.138 e. The fourth-order valence-electron chi connectivity index (χ4n) is 1.56. The summed E-state index contributed by atoms with van der Waals surface area (Å²) >= 11 is 5.96. The Hall–Kier alpha value is -1.15. The monoisotopic (exact) mass is 220 g/mol. The predicted octanol–water partition coefficient (Wildman–Crippen LogP) is 3.63. The molecule has 0 fully saturated rings. The van der Waals surface area contributed by atoms with Gasteiger partial charge in [0.1, 0.15) is 5.15 Å². The molecule has 0 bridgehead atoms. The summed E-state index contributed by atoms with van der Waals surface area (Å²) in [5.41, 5.74) is 2.07. The molecule has 0 aliphatic heterocycles. The molecule has 0 saturated heterocycles. The Labute approximate surface area is 94.3 Å². The van der Waals surface area contributed by atoms with Crippen molar-refractivity contribution in [2.45, 2.75) is 26.2 Å². The predicted molar refractivity (Wildman–Crippen MR) is 63.2 cm³/mol. The molecule has 0 aliphatic rings. The molecule has 2 rings (SSSR count). The van der Waals surface area contributed by atoms with Crippen LogP contribution in [0.3, 0.4) is 0 Å². The third kappa shape index (κ3) is 2.26. The zero-order valence-corrected chi connectivity index (χ0v) is 9.46. The van der Waals surface area contributed by atoms with E-state index in [0.717, 1.165) is 23.0 Å². The fourth-order valence-corrected chi connectivity index (χ4v) is 1.77. The summed E-state index contributed by atoms with van der Waals surface area (Å²) in [5, 5.41) is 1.46. The maximum absolute atomic E-state index is 5.96. The molecule has 2 aromatic heterocycles. The molecule has 0 radical (unpaired) electrons. The fraction of sp³-hybridized carbons (Fsp3) is 0.333. The van der Waals surface area contributed by atoms with Gasteiger partial charge in [0.15, 0.2) is 0 Å². The zero-order valence-electron chi connectivity index (χ0n) is 8.70. The molecule has 0 unspecified atom stereocenters. The van der Waals surface area contributed by atoms with Crippen molar-refractivity contribution in [2.24, 2.45) is 0 Å². The van der Waals surface area contributed by atoms with Gasteiger partial charge in [0.25, 0.3) is 0 Å². The lowest BCUT2D eigenvalue weighted by Gasteiger charge is -2.02. The van der Waals surface area contributed by atoms with Crippen LogP contribution in [0.15, 0.2) is 24.4 Å². The Morgan fingerprint density at radius 3 is 2.93 bits per heavy atom. The molecule has 0 saturated carbocycles. The number of nitrogens with zero attached hydrogens (tertiary/aromatic N) is 2. The lowest BCUT2D eigenvalue weighted by atomic mass is 10.1. The van der Waals surface area contributed by atoms with Gasteiger partial charge in [-0.15, -0.1) is 0 Å². The van der Waals surface area contributed by atoms with Gasteiger partial charge in [0, 0.05) is 17.3 Å². The van der Waals surface area contributed by atoms with E-state index in [1.165, 1.54) is 12.8 Å². The van der Waals surface area contributed by atoms with Crippen molar-refractivity contribution in [1.82, 2.24) is 9.97 Å². The van der Waals surface area contributed by atoms with Crippen molar-refractivity contribution >= 4 is 22.5 Å². The van der Waals surface area contributed by atoms with Gasteiger partial charge >= 0.3 is 0 Å². The van der Waals surface area contributed by atoms with E-state index in [0.29, 0.717) is 5.15 Å². The van der Waals surface area contributed by atoms with Crippen LogP contribution < -0.4 is 0 Å². The molecule has 2 nitrogen and oxygen atoms in total. The summed E-state index contributed by atoms with van der Waals surface area (Å²) in [6, 6.07) is 5.94. The zero-order chi connectivity index (χ0) is 10.7. The molecular weight excluding hydrogens is 208 g/mol. The summed E-state index contributed by atoms with van der Waals surface area (Å²) < 4.78 is 0. The SMILES string of the molecule is CCCCc1ccc2c(Cl)nccc2n1. The van der Waals surface area contributed by atoms with Crippen LogP contribution in [-0.2, 0) is 6.42 Å². The topological polar surface area (TPSA) is 25.8 Å². The first-order valence-corrected chi connectivity index (χ1v) is 5.59. The number of fused-ring (bicyclic) bond motifs is 1. The smallest absolute Gasteiger partial charge is 0.138 e. The molecule has 0 aliphatic carbocycles.